The molecule has 0 aliphatic carbocycles. The van der Waals surface area contributed by atoms with Crippen molar-refractivity contribution >= 4 is 23.5 Å². The van der Waals surface area contributed by atoms with Crippen molar-refractivity contribution in [2.45, 2.75) is 33.7 Å². The van der Waals surface area contributed by atoms with Crippen LogP contribution in [0.15, 0.2) is 48.5 Å². The number of hydrogen-bond donors (Lipinski definition) is 2. The summed E-state index contributed by atoms with van der Waals surface area (Å²) in [5.41, 5.74) is 1.97. The molecule has 1 unspecified atom stereocenters. The van der Waals surface area contributed by atoms with E-state index in [4.69, 9.17) is 4.74 Å². The number of esters is 1. The molecule has 0 heterocycles. The molecule has 0 fully saturated rings. The minimum absolute atomic E-state index is 0.0212. The van der Waals surface area contributed by atoms with Crippen molar-refractivity contribution < 1.29 is 19.1 Å². The van der Waals surface area contributed by atoms with E-state index in [2.05, 4.69) is 10.6 Å². The van der Waals surface area contributed by atoms with E-state index in [1.54, 1.807) is 42.5 Å². The second-order valence-corrected chi connectivity index (χ2v) is 7.05. The van der Waals surface area contributed by atoms with E-state index in [-0.39, 0.29) is 35.9 Å². The molecule has 2 amide bonds. The van der Waals surface area contributed by atoms with Gasteiger partial charge in [-0.3, -0.25) is 9.59 Å². The predicted molar refractivity (Wildman–Crippen MR) is 108 cm³/mol. The number of amides is 2. The Kier molecular flexibility index (Phi) is 7.32. The molecule has 0 radical (unpaired) electrons. The van der Waals surface area contributed by atoms with Gasteiger partial charge in [0.2, 0.25) is 0 Å². The molecule has 6 nitrogen and oxygen atoms in total. The molecule has 2 aromatic rings. The van der Waals surface area contributed by atoms with Crippen molar-refractivity contribution in [3.05, 3.63) is 65.2 Å². The first-order chi connectivity index (χ1) is 13.3. The zero-order valence-corrected chi connectivity index (χ0v) is 16.6. The van der Waals surface area contributed by atoms with Crippen LogP contribution in [0.25, 0.3) is 0 Å². The first-order valence-corrected chi connectivity index (χ1v) is 9.21. The zero-order chi connectivity index (χ0) is 20.7. The van der Waals surface area contributed by atoms with Gasteiger partial charge in [0, 0.05) is 11.6 Å². The van der Waals surface area contributed by atoms with Crippen LogP contribution in [-0.4, -0.2) is 30.4 Å². The highest BCUT2D eigenvalue weighted by Crippen LogP contribution is 2.18. The van der Waals surface area contributed by atoms with E-state index in [0.29, 0.717) is 11.3 Å². The van der Waals surface area contributed by atoms with Gasteiger partial charge in [-0.15, -0.1) is 0 Å². The first-order valence-electron chi connectivity index (χ1n) is 9.21. The maximum atomic E-state index is 12.5. The Morgan fingerprint density at radius 1 is 1.00 bits per heavy atom. The number of hydrogen-bond acceptors (Lipinski definition) is 4. The highest BCUT2D eigenvalue weighted by Gasteiger charge is 2.17. The fourth-order valence-electron chi connectivity index (χ4n) is 2.42. The molecule has 0 aromatic heterocycles. The highest BCUT2D eigenvalue weighted by molar-refractivity contribution is 6.08. The van der Waals surface area contributed by atoms with Crippen LogP contribution in [0, 0.1) is 12.8 Å². The summed E-state index contributed by atoms with van der Waals surface area (Å²) < 4.78 is 5.12. The van der Waals surface area contributed by atoms with Crippen molar-refractivity contribution in [3.63, 3.8) is 0 Å². The SMILES string of the molecule is Cc1cccc(C(=O)Nc2ccccc2C(=O)OCC(=O)NC(C)C(C)C)c1. The van der Waals surface area contributed by atoms with Gasteiger partial charge in [-0.05, 0) is 44.0 Å². The van der Waals surface area contributed by atoms with Crippen LogP contribution in [-0.2, 0) is 9.53 Å². The molecule has 28 heavy (non-hydrogen) atoms. The molecule has 0 aliphatic rings. The fourth-order valence-corrected chi connectivity index (χ4v) is 2.42. The van der Waals surface area contributed by atoms with E-state index in [1.807, 2.05) is 33.8 Å². The number of carbonyl (C=O) groups excluding carboxylic acids is 3. The van der Waals surface area contributed by atoms with E-state index in [1.165, 1.54) is 0 Å². The lowest BCUT2D eigenvalue weighted by atomic mass is 10.1. The van der Waals surface area contributed by atoms with Gasteiger partial charge in [-0.25, -0.2) is 4.79 Å². The van der Waals surface area contributed by atoms with Gasteiger partial charge in [-0.1, -0.05) is 43.7 Å². The summed E-state index contributed by atoms with van der Waals surface area (Å²) in [6.07, 6.45) is 0. The Hall–Kier alpha value is -3.15. The minimum atomic E-state index is -0.674. The van der Waals surface area contributed by atoms with Gasteiger partial charge < -0.3 is 15.4 Å². The number of rotatable bonds is 7. The zero-order valence-electron chi connectivity index (χ0n) is 16.6. The molecule has 2 N–H and O–H groups in total. The summed E-state index contributed by atoms with van der Waals surface area (Å²) in [5.74, 6) is -1.09. The fraction of sp³-hybridized carbons (Fsp3) is 0.318. The second-order valence-electron chi connectivity index (χ2n) is 7.05. The topological polar surface area (TPSA) is 84.5 Å². The Balaban J connectivity index is 2.03. The van der Waals surface area contributed by atoms with Gasteiger partial charge in [0.25, 0.3) is 11.8 Å². The number of nitrogens with one attached hydrogen (secondary N) is 2. The minimum Gasteiger partial charge on any atom is -0.452 e. The van der Waals surface area contributed by atoms with Crippen molar-refractivity contribution in [1.82, 2.24) is 5.32 Å². The molecule has 0 saturated heterocycles. The predicted octanol–water partition coefficient (Wildman–Crippen LogP) is 3.56. The molecular formula is C22H26N2O4. The van der Waals surface area contributed by atoms with Gasteiger partial charge in [0.05, 0.1) is 11.3 Å². The quantitative estimate of drug-likeness (QED) is 0.717. The van der Waals surface area contributed by atoms with Gasteiger partial charge in [-0.2, -0.15) is 0 Å². The van der Waals surface area contributed by atoms with Crippen LogP contribution in [0.5, 0.6) is 0 Å². The standard InChI is InChI=1S/C22H26N2O4/c1-14(2)16(4)23-20(25)13-28-22(27)18-10-5-6-11-19(18)24-21(26)17-9-7-8-15(3)12-17/h5-12,14,16H,13H2,1-4H3,(H,23,25)(H,24,26). The Morgan fingerprint density at radius 3 is 2.39 bits per heavy atom. The summed E-state index contributed by atoms with van der Waals surface area (Å²) >= 11 is 0. The molecule has 0 saturated carbocycles. The lowest BCUT2D eigenvalue weighted by Gasteiger charge is -2.17. The van der Waals surface area contributed by atoms with Crippen molar-refractivity contribution in [1.29, 1.82) is 0 Å². The molecule has 0 aliphatic heterocycles. The number of aryl methyl sites for hydroxylation is 1. The van der Waals surface area contributed by atoms with Gasteiger partial charge >= 0.3 is 5.97 Å². The van der Waals surface area contributed by atoms with Crippen LogP contribution in [0.3, 0.4) is 0 Å². The van der Waals surface area contributed by atoms with Gasteiger partial charge in [0.1, 0.15) is 0 Å². The number of para-hydroxylation sites is 1. The molecule has 2 rings (SSSR count). The molecule has 6 heteroatoms. The summed E-state index contributed by atoms with van der Waals surface area (Å²) in [6, 6.07) is 13.7. The van der Waals surface area contributed by atoms with Crippen LogP contribution in [0.2, 0.25) is 0 Å². The molecule has 1 atom stereocenters. The monoisotopic (exact) mass is 382 g/mol. The molecule has 0 spiro atoms. The third kappa shape index (κ3) is 5.94. The average Bonchev–Trinajstić information content (AvgIpc) is 2.66. The Bertz CT molecular complexity index is 861. The average molecular weight is 382 g/mol. The lowest BCUT2D eigenvalue weighted by molar-refractivity contribution is -0.125. The van der Waals surface area contributed by atoms with Crippen LogP contribution in [0.4, 0.5) is 5.69 Å². The van der Waals surface area contributed by atoms with Crippen molar-refractivity contribution in [2.75, 3.05) is 11.9 Å². The van der Waals surface area contributed by atoms with Crippen LogP contribution < -0.4 is 10.6 Å². The molecule has 148 valence electrons. The van der Waals surface area contributed by atoms with E-state index >= 15 is 0 Å². The van der Waals surface area contributed by atoms with Crippen LogP contribution in [0.1, 0.15) is 47.1 Å². The summed E-state index contributed by atoms with van der Waals surface area (Å²) in [4.78, 5) is 36.8. The third-order valence-corrected chi connectivity index (χ3v) is 4.40. The van der Waals surface area contributed by atoms with Crippen molar-refractivity contribution in [2.24, 2.45) is 5.92 Å². The number of carbonyl (C=O) groups is 3. The maximum Gasteiger partial charge on any atom is 0.340 e. The van der Waals surface area contributed by atoms with E-state index < -0.39 is 5.97 Å². The summed E-state index contributed by atoms with van der Waals surface area (Å²) in [6.45, 7) is 7.39. The number of ether oxygens (including phenoxy) is 1. The first kappa shape index (κ1) is 21.2. The largest absolute Gasteiger partial charge is 0.452 e. The molecule has 2 aromatic carbocycles. The molecule has 0 bridgehead atoms. The van der Waals surface area contributed by atoms with E-state index in [9.17, 15) is 14.4 Å². The Morgan fingerprint density at radius 2 is 1.71 bits per heavy atom. The highest BCUT2D eigenvalue weighted by atomic mass is 16.5. The van der Waals surface area contributed by atoms with Gasteiger partial charge in [0.15, 0.2) is 6.61 Å². The third-order valence-electron chi connectivity index (χ3n) is 4.40. The molecular weight excluding hydrogens is 356 g/mol. The summed E-state index contributed by atoms with van der Waals surface area (Å²) in [5, 5.41) is 5.50. The summed E-state index contributed by atoms with van der Waals surface area (Å²) in [7, 11) is 0. The number of benzene rings is 2. The Labute approximate surface area is 165 Å². The maximum absolute atomic E-state index is 12.5. The lowest BCUT2D eigenvalue weighted by Crippen LogP contribution is -2.38. The van der Waals surface area contributed by atoms with Crippen LogP contribution >= 0.6 is 0 Å². The van der Waals surface area contributed by atoms with Crippen molar-refractivity contribution in [3.8, 4) is 0 Å². The van der Waals surface area contributed by atoms with E-state index in [0.717, 1.165) is 5.56 Å². The normalized spacial score (nSPS) is 11.6. The number of anilines is 1. The smallest absolute Gasteiger partial charge is 0.340 e. The second kappa shape index (κ2) is 9.69.